The van der Waals surface area contributed by atoms with E-state index in [1.54, 1.807) is 13.1 Å². The molecule has 0 aliphatic carbocycles. The van der Waals surface area contributed by atoms with E-state index in [9.17, 15) is 4.79 Å². The highest BCUT2D eigenvalue weighted by molar-refractivity contribution is 5.75. The van der Waals surface area contributed by atoms with Crippen molar-refractivity contribution in [3.8, 4) is 16.9 Å². The Morgan fingerprint density at radius 3 is 2.61 bits per heavy atom. The van der Waals surface area contributed by atoms with Gasteiger partial charge in [-0.1, -0.05) is 18.2 Å². The third-order valence-corrected chi connectivity index (χ3v) is 3.74. The van der Waals surface area contributed by atoms with Crippen LogP contribution in [-0.2, 0) is 11.2 Å². The van der Waals surface area contributed by atoms with Gasteiger partial charge in [-0.25, -0.2) is 4.98 Å². The van der Waals surface area contributed by atoms with Gasteiger partial charge >= 0.3 is 0 Å². The molecular formula is C19H19N3O. The fourth-order valence-electron chi connectivity index (χ4n) is 2.65. The normalized spacial score (nSPS) is 10.7. The zero-order chi connectivity index (χ0) is 16.1. The smallest absolute Gasteiger partial charge is 0.129 e. The largest absolute Gasteiger partial charge is 0.300 e. The van der Waals surface area contributed by atoms with Crippen LogP contribution in [0.2, 0.25) is 0 Å². The highest BCUT2D eigenvalue weighted by Crippen LogP contribution is 2.25. The Hall–Kier alpha value is -2.75. The Morgan fingerprint density at radius 1 is 1.09 bits per heavy atom. The van der Waals surface area contributed by atoms with Crippen molar-refractivity contribution >= 4 is 5.78 Å². The van der Waals surface area contributed by atoms with Gasteiger partial charge in [0.05, 0.1) is 11.9 Å². The van der Waals surface area contributed by atoms with Crippen LogP contribution >= 0.6 is 0 Å². The number of hydrogen-bond donors (Lipinski definition) is 0. The maximum atomic E-state index is 11.2. The average molecular weight is 305 g/mol. The van der Waals surface area contributed by atoms with E-state index in [1.165, 1.54) is 0 Å². The molecular weight excluding hydrogens is 286 g/mol. The topological polar surface area (TPSA) is 47.8 Å². The van der Waals surface area contributed by atoms with Crippen LogP contribution in [0.3, 0.4) is 0 Å². The lowest BCUT2D eigenvalue weighted by molar-refractivity contribution is -0.117. The molecule has 116 valence electrons. The number of aryl methyl sites for hydroxylation is 1. The zero-order valence-corrected chi connectivity index (χ0v) is 13.1. The van der Waals surface area contributed by atoms with E-state index in [0.29, 0.717) is 6.42 Å². The van der Waals surface area contributed by atoms with Gasteiger partial charge in [0.25, 0.3) is 0 Å². The molecule has 0 radical (unpaired) electrons. The summed E-state index contributed by atoms with van der Waals surface area (Å²) in [6.45, 7) is 1.63. The minimum atomic E-state index is 0.218. The van der Waals surface area contributed by atoms with Gasteiger partial charge in [0, 0.05) is 36.5 Å². The second-order valence-corrected chi connectivity index (χ2v) is 5.53. The summed E-state index contributed by atoms with van der Waals surface area (Å²) in [6, 6.07) is 14.1. The van der Waals surface area contributed by atoms with Crippen molar-refractivity contribution in [2.45, 2.75) is 26.2 Å². The van der Waals surface area contributed by atoms with Crippen molar-refractivity contribution in [3.63, 3.8) is 0 Å². The average Bonchev–Trinajstić information content (AvgIpc) is 3.00. The molecule has 23 heavy (non-hydrogen) atoms. The number of carbonyl (C=O) groups excluding carboxylic acids is 1. The molecule has 0 saturated heterocycles. The van der Waals surface area contributed by atoms with E-state index in [1.807, 2.05) is 42.7 Å². The fourth-order valence-corrected chi connectivity index (χ4v) is 2.65. The van der Waals surface area contributed by atoms with Crippen molar-refractivity contribution in [2.24, 2.45) is 0 Å². The molecule has 0 spiro atoms. The molecule has 0 N–H and O–H groups in total. The Labute approximate surface area is 135 Å². The molecule has 3 aromatic rings. The van der Waals surface area contributed by atoms with E-state index in [2.05, 4.69) is 26.7 Å². The minimum Gasteiger partial charge on any atom is -0.300 e. The molecule has 0 aliphatic heterocycles. The number of rotatable bonds is 6. The Bertz CT molecular complexity index is 779. The number of pyridine rings is 1. The van der Waals surface area contributed by atoms with E-state index in [-0.39, 0.29) is 5.78 Å². The summed E-state index contributed by atoms with van der Waals surface area (Å²) in [5.74, 6) is 1.19. The lowest BCUT2D eigenvalue weighted by Crippen LogP contribution is -2.04. The molecule has 4 heteroatoms. The van der Waals surface area contributed by atoms with Crippen LogP contribution in [0.1, 0.15) is 25.6 Å². The second-order valence-electron chi connectivity index (χ2n) is 5.53. The molecule has 2 aromatic heterocycles. The van der Waals surface area contributed by atoms with Crippen LogP contribution in [-0.4, -0.2) is 20.3 Å². The molecule has 0 amide bonds. The highest BCUT2D eigenvalue weighted by Gasteiger charge is 2.13. The first kappa shape index (κ1) is 15.2. The summed E-state index contributed by atoms with van der Waals surface area (Å²) in [6.07, 6.45) is 7.66. The van der Waals surface area contributed by atoms with Crippen molar-refractivity contribution in [1.82, 2.24) is 14.5 Å². The van der Waals surface area contributed by atoms with E-state index in [4.69, 9.17) is 0 Å². The quantitative estimate of drug-likeness (QED) is 0.695. The third-order valence-electron chi connectivity index (χ3n) is 3.74. The molecule has 0 saturated carbocycles. The number of para-hydroxylation sites is 1. The van der Waals surface area contributed by atoms with Gasteiger partial charge in [0.2, 0.25) is 0 Å². The second kappa shape index (κ2) is 7.01. The van der Waals surface area contributed by atoms with Gasteiger partial charge in [0.1, 0.15) is 11.6 Å². The van der Waals surface area contributed by atoms with Crippen molar-refractivity contribution in [2.75, 3.05) is 0 Å². The van der Waals surface area contributed by atoms with E-state index in [0.717, 1.165) is 35.6 Å². The lowest BCUT2D eigenvalue weighted by Gasteiger charge is -2.12. The summed E-state index contributed by atoms with van der Waals surface area (Å²) in [4.78, 5) is 20.0. The maximum absolute atomic E-state index is 11.2. The number of carbonyl (C=O) groups is 1. The molecule has 0 atom stereocenters. The van der Waals surface area contributed by atoms with Gasteiger partial charge in [-0.3, -0.25) is 9.55 Å². The van der Waals surface area contributed by atoms with Gasteiger partial charge in [-0.15, -0.1) is 0 Å². The van der Waals surface area contributed by atoms with Crippen molar-refractivity contribution < 1.29 is 4.79 Å². The van der Waals surface area contributed by atoms with Crippen LogP contribution in [0.5, 0.6) is 0 Å². The molecule has 2 heterocycles. The van der Waals surface area contributed by atoms with Crippen LogP contribution in [0.25, 0.3) is 16.9 Å². The van der Waals surface area contributed by atoms with Crippen LogP contribution in [0.15, 0.2) is 61.1 Å². The molecule has 3 rings (SSSR count). The van der Waals surface area contributed by atoms with Gasteiger partial charge in [0.15, 0.2) is 0 Å². The third kappa shape index (κ3) is 3.54. The summed E-state index contributed by atoms with van der Waals surface area (Å²) in [5.41, 5.74) is 3.12. The van der Waals surface area contributed by atoms with E-state index >= 15 is 0 Å². The Balaban J connectivity index is 2.00. The predicted molar refractivity (Wildman–Crippen MR) is 90.4 cm³/mol. The van der Waals surface area contributed by atoms with Gasteiger partial charge in [-0.05, 0) is 37.6 Å². The first-order chi connectivity index (χ1) is 11.3. The van der Waals surface area contributed by atoms with Crippen LogP contribution < -0.4 is 0 Å². The van der Waals surface area contributed by atoms with Crippen molar-refractivity contribution in [3.05, 3.63) is 66.9 Å². The summed E-state index contributed by atoms with van der Waals surface area (Å²) in [5, 5.41) is 0. The lowest BCUT2D eigenvalue weighted by atomic mass is 10.1. The Kier molecular flexibility index (Phi) is 4.62. The molecule has 0 aliphatic rings. The Morgan fingerprint density at radius 2 is 1.91 bits per heavy atom. The van der Waals surface area contributed by atoms with Crippen LogP contribution in [0, 0.1) is 0 Å². The number of Topliss-reactive ketones (excluding diaryl/α,β-unsaturated/α-hetero) is 1. The number of nitrogens with zero attached hydrogens (tertiary/aromatic N) is 3. The molecule has 0 unspecified atom stereocenters. The SMILES string of the molecule is CC(=O)CCCc1ncc(-c2cccnc2)n1-c1ccccc1. The monoisotopic (exact) mass is 305 g/mol. The molecule has 0 bridgehead atoms. The molecule has 4 nitrogen and oxygen atoms in total. The number of ketones is 1. The summed E-state index contributed by atoms with van der Waals surface area (Å²) in [7, 11) is 0. The number of hydrogen-bond acceptors (Lipinski definition) is 3. The maximum Gasteiger partial charge on any atom is 0.129 e. The molecule has 1 aromatic carbocycles. The standard InChI is InChI=1S/C19H19N3O/c1-15(23)7-5-11-19-21-14-18(16-8-6-12-20-13-16)22(19)17-9-3-2-4-10-17/h2-4,6,8-10,12-14H,5,7,11H2,1H3. The zero-order valence-electron chi connectivity index (χ0n) is 13.1. The summed E-state index contributed by atoms with van der Waals surface area (Å²) >= 11 is 0. The minimum absolute atomic E-state index is 0.218. The van der Waals surface area contributed by atoms with Crippen LogP contribution in [0.4, 0.5) is 0 Å². The first-order valence-corrected chi connectivity index (χ1v) is 7.77. The highest BCUT2D eigenvalue weighted by atomic mass is 16.1. The fraction of sp³-hybridized carbons (Fsp3) is 0.211. The van der Waals surface area contributed by atoms with Gasteiger partial charge in [-0.2, -0.15) is 0 Å². The van der Waals surface area contributed by atoms with E-state index < -0.39 is 0 Å². The summed E-state index contributed by atoms with van der Waals surface area (Å²) < 4.78 is 2.15. The number of benzene rings is 1. The van der Waals surface area contributed by atoms with Gasteiger partial charge < -0.3 is 4.79 Å². The number of aromatic nitrogens is 3. The number of imidazole rings is 1. The first-order valence-electron chi connectivity index (χ1n) is 7.77. The predicted octanol–water partition coefficient (Wildman–Crippen LogP) is 3.85. The molecule has 0 fully saturated rings. The van der Waals surface area contributed by atoms with Crippen molar-refractivity contribution in [1.29, 1.82) is 0 Å².